The number of rotatable bonds is 3. The normalized spacial score (nSPS) is 22.7. The van der Waals surface area contributed by atoms with Crippen molar-refractivity contribution in [2.75, 3.05) is 13.1 Å². The molecular weight excluding hydrogens is 447 g/mol. The summed E-state index contributed by atoms with van der Waals surface area (Å²) >= 11 is 0. The molecule has 1 saturated carbocycles. The van der Waals surface area contributed by atoms with Crippen molar-refractivity contribution >= 4 is 6.03 Å². The van der Waals surface area contributed by atoms with Gasteiger partial charge in [-0.25, -0.2) is 4.79 Å². The third kappa shape index (κ3) is 4.79. The molecule has 6 nitrogen and oxygen atoms in total. The standard InChI is InChI=1S/C25H28F3N3O3/c26-25(27,28)34-20-8-6-17(7-9-20)21-10-11-22-18-12-16(14-31(22)23(21)32)13-30(15-18)24(33)29-19-4-2-1-3-5-19/h6-11,16,18-19H,1-5,12-15H2,(H,29,33)/t16-,18-/m1/s1. The highest BCUT2D eigenvalue weighted by Gasteiger charge is 2.37. The second-order valence-corrected chi connectivity index (χ2v) is 9.65. The first-order chi connectivity index (χ1) is 16.3. The Kier molecular flexibility index (Phi) is 6.04. The molecule has 9 heteroatoms. The van der Waals surface area contributed by atoms with Crippen molar-refractivity contribution in [3.8, 4) is 16.9 Å². The SMILES string of the molecule is O=C(NC1CCCCC1)N1C[C@H]2C[C@H](C1)c1ccc(-c3ccc(OC(F)(F)F)cc3)c(=O)n1C2. The van der Waals surface area contributed by atoms with E-state index in [2.05, 4.69) is 10.1 Å². The van der Waals surface area contributed by atoms with Gasteiger partial charge in [-0.2, -0.15) is 0 Å². The Hall–Kier alpha value is -2.97. The molecule has 2 atom stereocenters. The van der Waals surface area contributed by atoms with Gasteiger partial charge in [0.1, 0.15) is 5.75 Å². The van der Waals surface area contributed by atoms with Crippen LogP contribution in [0.2, 0.25) is 0 Å². The Morgan fingerprint density at radius 1 is 0.971 bits per heavy atom. The Morgan fingerprint density at radius 3 is 2.41 bits per heavy atom. The number of benzene rings is 1. The van der Waals surface area contributed by atoms with Crippen LogP contribution in [0.3, 0.4) is 0 Å². The van der Waals surface area contributed by atoms with Crippen molar-refractivity contribution in [1.82, 2.24) is 14.8 Å². The first kappa shape index (κ1) is 22.8. The molecule has 3 heterocycles. The zero-order valence-electron chi connectivity index (χ0n) is 18.8. The number of hydrogen-bond donors (Lipinski definition) is 1. The summed E-state index contributed by atoms with van der Waals surface area (Å²) in [5, 5.41) is 3.20. The number of urea groups is 1. The van der Waals surface area contributed by atoms with Gasteiger partial charge in [0, 0.05) is 42.9 Å². The van der Waals surface area contributed by atoms with Crippen molar-refractivity contribution in [1.29, 1.82) is 0 Å². The van der Waals surface area contributed by atoms with Gasteiger partial charge >= 0.3 is 12.4 Å². The van der Waals surface area contributed by atoms with Crippen LogP contribution < -0.4 is 15.6 Å². The molecule has 5 rings (SSSR count). The number of piperidine rings is 1. The number of pyridine rings is 1. The summed E-state index contributed by atoms with van der Waals surface area (Å²) < 4.78 is 43.0. The van der Waals surface area contributed by atoms with Gasteiger partial charge in [-0.15, -0.1) is 13.2 Å². The maximum atomic E-state index is 13.3. The molecule has 0 unspecified atom stereocenters. The van der Waals surface area contributed by atoms with Crippen LogP contribution in [0.1, 0.15) is 50.1 Å². The van der Waals surface area contributed by atoms with Gasteiger partial charge in [-0.1, -0.05) is 31.4 Å². The summed E-state index contributed by atoms with van der Waals surface area (Å²) in [7, 11) is 0. The van der Waals surface area contributed by atoms with E-state index in [9.17, 15) is 22.8 Å². The van der Waals surface area contributed by atoms with Gasteiger partial charge in [0.2, 0.25) is 0 Å². The van der Waals surface area contributed by atoms with Gasteiger partial charge in [0.05, 0.1) is 0 Å². The number of halogens is 3. The smallest absolute Gasteiger partial charge is 0.406 e. The lowest BCUT2D eigenvalue weighted by molar-refractivity contribution is -0.274. The molecule has 3 aliphatic rings. The first-order valence-corrected chi connectivity index (χ1v) is 11.9. The van der Waals surface area contributed by atoms with Crippen LogP contribution in [-0.4, -0.2) is 41.0 Å². The highest BCUT2D eigenvalue weighted by atomic mass is 19.4. The van der Waals surface area contributed by atoms with Crippen molar-refractivity contribution in [2.24, 2.45) is 5.92 Å². The van der Waals surface area contributed by atoms with Crippen LogP contribution in [0, 0.1) is 5.92 Å². The lowest BCUT2D eigenvalue weighted by atomic mass is 9.83. The molecule has 1 aromatic carbocycles. The minimum absolute atomic E-state index is 0.00446. The number of alkyl halides is 3. The van der Waals surface area contributed by atoms with Crippen molar-refractivity contribution < 1.29 is 22.7 Å². The molecule has 2 amide bonds. The fourth-order valence-corrected chi connectivity index (χ4v) is 5.68. The second kappa shape index (κ2) is 9.00. The van der Waals surface area contributed by atoms with Crippen molar-refractivity contribution in [3.05, 3.63) is 52.4 Å². The van der Waals surface area contributed by atoms with Crippen LogP contribution in [0.25, 0.3) is 11.1 Å². The predicted molar refractivity (Wildman–Crippen MR) is 121 cm³/mol. The van der Waals surface area contributed by atoms with Gasteiger partial charge in [0.15, 0.2) is 0 Å². The van der Waals surface area contributed by atoms with Gasteiger partial charge in [0.25, 0.3) is 5.56 Å². The van der Waals surface area contributed by atoms with E-state index in [4.69, 9.17) is 0 Å². The number of fused-ring (bicyclic) bond motifs is 4. The fourth-order valence-electron chi connectivity index (χ4n) is 5.68. The van der Waals surface area contributed by atoms with Gasteiger partial charge in [-0.3, -0.25) is 4.79 Å². The maximum absolute atomic E-state index is 13.3. The predicted octanol–water partition coefficient (Wildman–Crippen LogP) is 4.88. The summed E-state index contributed by atoms with van der Waals surface area (Å²) in [6.45, 7) is 1.73. The van der Waals surface area contributed by atoms with E-state index in [1.54, 1.807) is 10.6 Å². The van der Waals surface area contributed by atoms with Crippen LogP contribution in [0.4, 0.5) is 18.0 Å². The highest BCUT2D eigenvalue weighted by molar-refractivity contribution is 5.75. The van der Waals surface area contributed by atoms with Gasteiger partial charge < -0.3 is 19.5 Å². The number of hydrogen-bond acceptors (Lipinski definition) is 3. The number of amides is 2. The molecule has 1 aliphatic carbocycles. The molecular formula is C25H28F3N3O3. The second-order valence-electron chi connectivity index (χ2n) is 9.65. The lowest BCUT2D eigenvalue weighted by Gasteiger charge is -2.43. The Bertz CT molecular complexity index is 1110. The van der Waals surface area contributed by atoms with Crippen molar-refractivity contribution in [3.63, 3.8) is 0 Å². The van der Waals surface area contributed by atoms with E-state index in [-0.39, 0.29) is 35.2 Å². The average Bonchev–Trinajstić information content (AvgIpc) is 2.80. The summed E-state index contributed by atoms with van der Waals surface area (Å²) in [5.41, 5.74) is 1.74. The molecule has 2 aromatic rings. The minimum atomic E-state index is -4.76. The van der Waals surface area contributed by atoms with Crippen LogP contribution >= 0.6 is 0 Å². The molecule has 2 aliphatic heterocycles. The molecule has 2 fully saturated rings. The van der Waals surface area contributed by atoms with Crippen LogP contribution in [0.5, 0.6) is 5.75 Å². The number of carbonyl (C=O) groups is 1. The van der Waals surface area contributed by atoms with E-state index in [0.717, 1.165) is 37.8 Å². The summed E-state index contributed by atoms with van der Waals surface area (Å²) in [5.74, 6) is -0.0387. The number of nitrogens with one attached hydrogen (secondary N) is 1. The van der Waals surface area contributed by atoms with E-state index in [0.29, 0.717) is 30.8 Å². The monoisotopic (exact) mass is 475 g/mol. The quantitative estimate of drug-likeness (QED) is 0.689. The van der Waals surface area contributed by atoms with E-state index < -0.39 is 6.36 Å². The largest absolute Gasteiger partial charge is 0.573 e. The average molecular weight is 476 g/mol. The molecule has 2 bridgehead atoms. The van der Waals surface area contributed by atoms with E-state index in [1.807, 2.05) is 11.0 Å². The number of ether oxygens (including phenoxy) is 1. The fraction of sp³-hybridized carbons (Fsp3) is 0.520. The lowest BCUT2D eigenvalue weighted by Crippen LogP contribution is -2.53. The zero-order chi connectivity index (χ0) is 23.9. The molecule has 0 radical (unpaired) electrons. The summed E-state index contributed by atoms with van der Waals surface area (Å²) in [6.07, 6.45) is 1.81. The molecule has 1 saturated heterocycles. The van der Waals surface area contributed by atoms with E-state index >= 15 is 0 Å². The third-order valence-corrected chi connectivity index (χ3v) is 7.22. The summed E-state index contributed by atoms with van der Waals surface area (Å²) in [6, 6.07) is 9.25. The summed E-state index contributed by atoms with van der Waals surface area (Å²) in [4.78, 5) is 28.1. The molecule has 182 valence electrons. The van der Waals surface area contributed by atoms with Crippen LogP contribution in [0.15, 0.2) is 41.2 Å². The highest BCUT2D eigenvalue weighted by Crippen LogP contribution is 2.36. The third-order valence-electron chi connectivity index (χ3n) is 7.22. The molecule has 1 aromatic heterocycles. The first-order valence-electron chi connectivity index (χ1n) is 11.9. The molecule has 0 spiro atoms. The molecule has 1 N–H and O–H groups in total. The zero-order valence-corrected chi connectivity index (χ0v) is 18.8. The Labute approximate surface area is 195 Å². The topological polar surface area (TPSA) is 63.6 Å². The number of nitrogens with zero attached hydrogens (tertiary/aromatic N) is 2. The molecule has 34 heavy (non-hydrogen) atoms. The maximum Gasteiger partial charge on any atom is 0.573 e. The van der Waals surface area contributed by atoms with Crippen molar-refractivity contribution in [2.45, 2.75) is 63.4 Å². The minimum Gasteiger partial charge on any atom is -0.406 e. The number of likely N-dealkylation sites (tertiary alicyclic amines) is 1. The van der Waals surface area contributed by atoms with Crippen LogP contribution in [-0.2, 0) is 6.54 Å². The number of carbonyl (C=O) groups excluding carboxylic acids is 1. The Morgan fingerprint density at radius 2 is 1.71 bits per heavy atom. The number of aromatic nitrogens is 1. The van der Waals surface area contributed by atoms with E-state index in [1.165, 1.54) is 30.7 Å². The Balaban J connectivity index is 1.33. The van der Waals surface area contributed by atoms with Gasteiger partial charge in [-0.05, 0) is 55.0 Å².